The normalized spacial score (nSPS) is 14.8. The summed E-state index contributed by atoms with van der Waals surface area (Å²) < 4.78 is 16.7. The smallest absolute Gasteiger partial charge is 0.312 e. The Kier molecular flexibility index (Phi) is 8.91. The average molecular weight is 457 g/mol. The molecule has 9 heteroatoms. The van der Waals surface area contributed by atoms with Crippen molar-refractivity contribution >= 4 is 11.9 Å². The average Bonchev–Trinajstić information content (AvgIpc) is 2.84. The van der Waals surface area contributed by atoms with Crippen molar-refractivity contribution in [2.24, 2.45) is 5.73 Å². The van der Waals surface area contributed by atoms with Gasteiger partial charge in [-0.3, -0.25) is 9.69 Å². The van der Waals surface area contributed by atoms with Gasteiger partial charge in [0.2, 0.25) is 0 Å². The van der Waals surface area contributed by atoms with Gasteiger partial charge in [0.25, 0.3) is 5.91 Å². The Hall–Kier alpha value is -3.30. The minimum atomic E-state index is -0.586. The molecule has 3 rings (SSSR count). The molecule has 33 heavy (non-hydrogen) atoms. The van der Waals surface area contributed by atoms with Crippen LogP contribution in [0.25, 0.3) is 0 Å². The van der Waals surface area contributed by atoms with Crippen molar-refractivity contribution in [1.29, 1.82) is 0 Å². The fourth-order valence-corrected chi connectivity index (χ4v) is 3.77. The first-order valence-corrected chi connectivity index (χ1v) is 11.0. The fraction of sp³-hybridized carbons (Fsp3) is 0.417. The standard InChI is InChI=1S/C24H32N4O5/c1-3-33-21-9-8-19(14-22(21)31-2)20(28-10-12-32-13-11-28)16-26-23(29)18-6-4-17(5-7-18)15-27-24(25)30/h4-9,14,20H,3,10-13,15-16H2,1-2H3,(H,26,29)(H3,25,27,30). The second kappa shape index (κ2) is 12.1. The van der Waals surface area contributed by atoms with Crippen molar-refractivity contribution in [1.82, 2.24) is 15.5 Å². The van der Waals surface area contributed by atoms with E-state index in [1.807, 2.05) is 25.1 Å². The summed E-state index contributed by atoms with van der Waals surface area (Å²) in [5.41, 5.74) is 7.53. The minimum absolute atomic E-state index is 0.0403. The summed E-state index contributed by atoms with van der Waals surface area (Å²) in [7, 11) is 1.62. The van der Waals surface area contributed by atoms with Crippen LogP contribution in [0.4, 0.5) is 4.79 Å². The highest BCUT2D eigenvalue weighted by molar-refractivity contribution is 5.94. The third-order valence-electron chi connectivity index (χ3n) is 5.50. The van der Waals surface area contributed by atoms with Crippen LogP contribution in [-0.2, 0) is 11.3 Å². The van der Waals surface area contributed by atoms with Crippen LogP contribution in [0.15, 0.2) is 42.5 Å². The first-order valence-electron chi connectivity index (χ1n) is 11.0. The van der Waals surface area contributed by atoms with Crippen molar-refractivity contribution in [2.75, 3.05) is 46.6 Å². The Morgan fingerprint density at radius 3 is 2.45 bits per heavy atom. The van der Waals surface area contributed by atoms with Gasteiger partial charge in [-0.2, -0.15) is 0 Å². The number of morpholine rings is 1. The van der Waals surface area contributed by atoms with Gasteiger partial charge < -0.3 is 30.6 Å². The first-order chi connectivity index (χ1) is 16.0. The predicted molar refractivity (Wildman–Crippen MR) is 124 cm³/mol. The van der Waals surface area contributed by atoms with E-state index in [-0.39, 0.29) is 11.9 Å². The number of primary amides is 1. The largest absolute Gasteiger partial charge is 0.493 e. The summed E-state index contributed by atoms with van der Waals surface area (Å²) in [4.78, 5) is 26.0. The van der Waals surface area contributed by atoms with Crippen LogP contribution in [-0.4, -0.2) is 63.4 Å². The Morgan fingerprint density at radius 2 is 1.82 bits per heavy atom. The number of carbonyl (C=O) groups is 2. The molecular formula is C24H32N4O5. The molecule has 1 atom stereocenters. The third-order valence-corrected chi connectivity index (χ3v) is 5.50. The van der Waals surface area contributed by atoms with E-state index in [2.05, 4.69) is 15.5 Å². The number of ether oxygens (including phenoxy) is 3. The van der Waals surface area contributed by atoms with Crippen LogP contribution < -0.4 is 25.8 Å². The lowest BCUT2D eigenvalue weighted by Crippen LogP contribution is -2.43. The summed E-state index contributed by atoms with van der Waals surface area (Å²) in [5, 5.41) is 5.59. The molecule has 0 bridgehead atoms. The monoisotopic (exact) mass is 456 g/mol. The Labute approximate surface area is 194 Å². The number of amides is 3. The number of benzene rings is 2. The van der Waals surface area contributed by atoms with Gasteiger partial charge >= 0.3 is 6.03 Å². The molecule has 4 N–H and O–H groups in total. The van der Waals surface area contributed by atoms with Crippen molar-refractivity contribution < 1.29 is 23.8 Å². The van der Waals surface area contributed by atoms with Gasteiger partial charge in [0.1, 0.15) is 0 Å². The zero-order chi connectivity index (χ0) is 23.6. The highest BCUT2D eigenvalue weighted by Crippen LogP contribution is 2.32. The van der Waals surface area contributed by atoms with E-state index in [0.717, 1.165) is 24.2 Å². The summed E-state index contributed by atoms with van der Waals surface area (Å²) in [6.07, 6.45) is 0. The zero-order valence-corrected chi connectivity index (χ0v) is 19.1. The number of nitrogens with one attached hydrogen (secondary N) is 2. The highest BCUT2D eigenvalue weighted by Gasteiger charge is 2.24. The fourth-order valence-electron chi connectivity index (χ4n) is 3.77. The predicted octanol–water partition coefficient (Wildman–Crippen LogP) is 2.07. The van der Waals surface area contributed by atoms with Gasteiger partial charge in [-0.25, -0.2) is 4.79 Å². The molecule has 0 aromatic heterocycles. The number of urea groups is 1. The molecule has 2 aromatic carbocycles. The highest BCUT2D eigenvalue weighted by atomic mass is 16.5. The van der Waals surface area contributed by atoms with E-state index in [9.17, 15) is 9.59 Å². The minimum Gasteiger partial charge on any atom is -0.493 e. The van der Waals surface area contributed by atoms with Crippen LogP contribution >= 0.6 is 0 Å². The summed E-state index contributed by atoms with van der Waals surface area (Å²) >= 11 is 0. The maximum absolute atomic E-state index is 12.8. The lowest BCUT2D eigenvalue weighted by Gasteiger charge is -2.35. The number of hydrogen-bond donors (Lipinski definition) is 3. The van der Waals surface area contributed by atoms with E-state index < -0.39 is 6.03 Å². The summed E-state index contributed by atoms with van der Waals surface area (Å²) in [6, 6.07) is 12.3. The van der Waals surface area contributed by atoms with E-state index in [1.165, 1.54) is 0 Å². The number of nitrogens with zero attached hydrogens (tertiary/aromatic N) is 1. The second-order valence-electron chi connectivity index (χ2n) is 7.63. The molecule has 2 aromatic rings. The van der Waals surface area contributed by atoms with Gasteiger partial charge in [0.05, 0.1) is 33.0 Å². The molecule has 1 aliphatic heterocycles. The molecule has 1 saturated heterocycles. The van der Waals surface area contributed by atoms with Gasteiger partial charge in [-0.1, -0.05) is 18.2 Å². The maximum atomic E-state index is 12.8. The summed E-state index contributed by atoms with van der Waals surface area (Å²) in [5.74, 6) is 1.19. The van der Waals surface area contributed by atoms with E-state index in [1.54, 1.807) is 31.4 Å². The SMILES string of the molecule is CCOc1ccc(C(CNC(=O)c2ccc(CNC(N)=O)cc2)N2CCOCC2)cc1OC. The molecule has 0 saturated carbocycles. The molecule has 9 nitrogen and oxygen atoms in total. The quantitative estimate of drug-likeness (QED) is 0.504. The molecule has 1 fully saturated rings. The molecule has 1 unspecified atom stereocenters. The Balaban J connectivity index is 1.72. The number of rotatable bonds is 10. The molecular weight excluding hydrogens is 424 g/mol. The molecule has 3 amide bonds. The van der Waals surface area contributed by atoms with Crippen molar-refractivity contribution in [3.05, 3.63) is 59.2 Å². The number of hydrogen-bond acceptors (Lipinski definition) is 6. The second-order valence-corrected chi connectivity index (χ2v) is 7.63. The van der Waals surface area contributed by atoms with Gasteiger partial charge in [-0.15, -0.1) is 0 Å². The van der Waals surface area contributed by atoms with Crippen LogP contribution in [0.3, 0.4) is 0 Å². The van der Waals surface area contributed by atoms with Gasteiger partial charge in [-0.05, 0) is 42.3 Å². The van der Waals surface area contributed by atoms with Gasteiger partial charge in [0.15, 0.2) is 11.5 Å². The van der Waals surface area contributed by atoms with E-state index in [0.29, 0.717) is 50.0 Å². The number of carbonyl (C=O) groups excluding carboxylic acids is 2. The van der Waals surface area contributed by atoms with Crippen molar-refractivity contribution in [3.63, 3.8) is 0 Å². The van der Waals surface area contributed by atoms with Crippen LogP contribution in [0.5, 0.6) is 11.5 Å². The molecule has 0 aliphatic carbocycles. The lowest BCUT2D eigenvalue weighted by atomic mass is 10.0. The lowest BCUT2D eigenvalue weighted by molar-refractivity contribution is 0.0162. The molecule has 1 heterocycles. The Morgan fingerprint density at radius 1 is 1.09 bits per heavy atom. The van der Waals surface area contributed by atoms with Crippen LogP contribution in [0, 0.1) is 0 Å². The van der Waals surface area contributed by atoms with E-state index in [4.69, 9.17) is 19.9 Å². The zero-order valence-electron chi connectivity index (χ0n) is 19.1. The molecule has 1 aliphatic rings. The molecule has 178 valence electrons. The molecule has 0 radical (unpaired) electrons. The first kappa shape index (κ1) is 24.3. The van der Waals surface area contributed by atoms with Crippen molar-refractivity contribution in [2.45, 2.75) is 19.5 Å². The number of nitrogens with two attached hydrogens (primary N) is 1. The van der Waals surface area contributed by atoms with Crippen LogP contribution in [0.2, 0.25) is 0 Å². The van der Waals surface area contributed by atoms with Gasteiger partial charge in [0, 0.05) is 31.7 Å². The van der Waals surface area contributed by atoms with Crippen molar-refractivity contribution in [3.8, 4) is 11.5 Å². The number of methoxy groups -OCH3 is 1. The molecule has 0 spiro atoms. The van der Waals surface area contributed by atoms with E-state index >= 15 is 0 Å². The van der Waals surface area contributed by atoms with Crippen LogP contribution in [0.1, 0.15) is 34.5 Å². The third kappa shape index (κ3) is 6.84. The Bertz CT molecular complexity index is 929. The topological polar surface area (TPSA) is 115 Å². The maximum Gasteiger partial charge on any atom is 0.312 e. The summed E-state index contributed by atoms with van der Waals surface area (Å²) in [6.45, 7) is 6.08.